The molecule has 2 heterocycles. The van der Waals surface area contributed by atoms with E-state index in [-0.39, 0.29) is 6.10 Å². The van der Waals surface area contributed by atoms with E-state index in [4.69, 9.17) is 9.26 Å². The number of hydrogen-bond donors (Lipinski definition) is 2. The molecule has 2 N–H and O–H groups in total. The number of rotatable bonds is 9. The lowest BCUT2D eigenvalue weighted by molar-refractivity contribution is 0.199. The first kappa shape index (κ1) is 21.1. The summed E-state index contributed by atoms with van der Waals surface area (Å²) in [5.41, 5.74) is 2.05. The molecule has 0 unspecified atom stereocenters. The quantitative estimate of drug-likeness (QED) is 0.486. The first-order chi connectivity index (χ1) is 14.2. The van der Waals surface area contributed by atoms with Crippen LogP contribution in [0, 0.1) is 0 Å². The van der Waals surface area contributed by atoms with Crippen molar-refractivity contribution in [3.05, 3.63) is 41.4 Å². The molecule has 3 rings (SSSR count). The van der Waals surface area contributed by atoms with Gasteiger partial charge in [-0.1, -0.05) is 25.1 Å². The molecule has 1 fully saturated rings. The highest BCUT2D eigenvalue weighted by atomic mass is 16.5. The van der Waals surface area contributed by atoms with Crippen molar-refractivity contribution >= 4 is 5.96 Å². The molecule has 2 aromatic rings. The molecule has 7 heteroatoms. The number of ether oxygens (including phenoxy) is 1. The molecule has 0 atom stereocenters. The maximum atomic E-state index is 6.11. The number of guanidine groups is 1. The number of nitrogens with zero attached hydrogens (tertiary/aromatic N) is 3. The summed E-state index contributed by atoms with van der Waals surface area (Å²) in [6.07, 6.45) is 8.90. The zero-order chi connectivity index (χ0) is 20.5. The van der Waals surface area contributed by atoms with Crippen molar-refractivity contribution < 1.29 is 9.26 Å². The standard InChI is InChI=1S/C22H33N5O2/c1-4-16(5-2)20-13-19(29-27-20)15-26-22(23-3)25-14-17-9-8-12-24-21(17)28-18-10-6-7-11-18/h8-9,12-13,16,18H,4-7,10-11,14-15H2,1-3H3,(H2,23,25,26). The van der Waals surface area contributed by atoms with Crippen LogP contribution in [0.25, 0.3) is 0 Å². The maximum Gasteiger partial charge on any atom is 0.218 e. The molecule has 158 valence electrons. The zero-order valence-corrected chi connectivity index (χ0v) is 17.8. The molecule has 0 saturated heterocycles. The monoisotopic (exact) mass is 399 g/mol. The number of hydrogen-bond acceptors (Lipinski definition) is 5. The van der Waals surface area contributed by atoms with E-state index in [2.05, 4.69) is 39.6 Å². The van der Waals surface area contributed by atoms with Crippen LogP contribution in [0.2, 0.25) is 0 Å². The largest absolute Gasteiger partial charge is 0.474 e. The Balaban J connectivity index is 1.52. The fourth-order valence-electron chi connectivity index (χ4n) is 3.71. The average Bonchev–Trinajstić information content (AvgIpc) is 3.43. The van der Waals surface area contributed by atoms with E-state index >= 15 is 0 Å². The topological polar surface area (TPSA) is 84.6 Å². The second kappa shape index (κ2) is 10.8. The molecule has 0 amide bonds. The summed E-state index contributed by atoms with van der Waals surface area (Å²) in [4.78, 5) is 8.73. The lowest BCUT2D eigenvalue weighted by atomic mass is 9.99. The molecule has 2 aromatic heterocycles. The van der Waals surface area contributed by atoms with Crippen LogP contribution in [0.1, 0.15) is 75.3 Å². The van der Waals surface area contributed by atoms with Crippen LogP contribution < -0.4 is 15.4 Å². The second-order valence-electron chi connectivity index (χ2n) is 7.50. The lowest BCUT2D eigenvalue weighted by Gasteiger charge is -2.16. The predicted molar refractivity (Wildman–Crippen MR) is 114 cm³/mol. The van der Waals surface area contributed by atoms with E-state index in [0.717, 1.165) is 42.7 Å². The first-order valence-electron chi connectivity index (χ1n) is 10.7. The third-order valence-electron chi connectivity index (χ3n) is 5.51. The molecule has 0 bridgehead atoms. The Labute approximate surface area is 173 Å². The van der Waals surface area contributed by atoms with Gasteiger partial charge in [0.25, 0.3) is 0 Å². The Bertz CT molecular complexity index is 779. The molecule has 0 aliphatic heterocycles. The molecule has 7 nitrogen and oxygen atoms in total. The van der Waals surface area contributed by atoms with Gasteiger partial charge in [-0.15, -0.1) is 0 Å². The number of aromatic nitrogens is 2. The van der Waals surface area contributed by atoms with E-state index < -0.39 is 0 Å². The van der Waals surface area contributed by atoms with E-state index in [1.807, 2.05) is 18.2 Å². The fraction of sp³-hybridized carbons (Fsp3) is 0.591. The average molecular weight is 400 g/mol. The lowest BCUT2D eigenvalue weighted by Crippen LogP contribution is -2.36. The van der Waals surface area contributed by atoms with Gasteiger partial charge in [-0.05, 0) is 44.6 Å². The Hall–Kier alpha value is -2.57. The fourth-order valence-corrected chi connectivity index (χ4v) is 3.71. The maximum absolute atomic E-state index is 6.11. The first-order valence-corrected chi connectivity index (χ1v) is 10.7. The number of nitrogens with one attached hydrogen (secondary N) is 2. The minimum atomic E-state index is 0.289. The number of pyridine rings is 1. The smallest absolute Gasteiger partial charge is 0.218 e. The second-order valence-corrected chi connectivity index (χ2v) is 7.50. The van der Waals surface area contributed by atoms with Gasteiger partial charge in [-0.3, -0.25) is 4.99 Å². The normalized spacial score (nSPS) is 15.1. The van der Waals surface area contributed by atoms with Crippen molar-refractivity contribution in [1.29, 1.82) is 0 Å². The predicted octanol–water partition coefficient (Wildman–Crippen LogP) is 4.16. The summed E-state index contributed by atoms with van der Waals surface area (Å²) in [5.74, 6) is 2.67. The Kier molecular flexibility index (Phi) is 7.90. The van der Waals surface area contributed by atoms with Crippen LogP contribution in [0.3, 0.4) is 0 Å². The van der Waals surface area contributed by atoms with Gasteiger partial charge in [0.2, 0.25) is 5.88 Å². The highest BCUT2D eigenvalue weighted by Crippen LogP contribution is 2.25. The van der Waals surface area contributed by atoms with Crippen LogP contribution in [0.15, 0.2) is 33.9 Å². The summed E-state index contributed by atoms with van der Waals surface area (Å²) in [5, 5.41) is 10.8. The third kappa shape index (κ3) is 5.95. The van der Waals surface area contributed by atoms with Crippen molar-refractivity contribution in [2.75, 3.05) is 7.05 Å². The molecule has 1 saturated carbocycles. The van der Waals surface area contributed by atoms with Crippen molar-refractivity contribution in [2.45, 2.75) is 77.5 Å². The van der Waals surface area contributed by atoms with Crippen LogP contribution in [0.5, 0.6) is 5.88 Å². The van der Waals surface area contributed by atoms with E-state index in [0.29, 0.717) is 30.8 Å². The van der Waals surface area contributed by atoms with Crippen LogP contribution in [-0.2, 0) is 13.1 Å². The molecule has 0 radical (unpaired) electrons. The van der Waals surface area contributed by atoms with Crippen molar-refractivity contribution in [3.63, 3.8) is 0 Å². The van der Waals surface area contributed by atoms with Gasteiger partial charge in [0.05, 0.1) is 12.2 Å². The van der Waals surface area contributed by atoms with E-state index in [1.165, 1.54) is 12.8 Å². The van der Waals surface area contributed by atoms with Crippen molar-refractivity contribution in [1.82, 2.24) is 20.8 Å². The van der Waals surface area contributed by atoms with Crippen LogP contribution in [0.4, 0.5) is 0 Å². The van der Waals surface area contributed by atoms with Gasteiger partial charge < -0.3 is 19.9 Å². The van der Waals surface area contributed by atoms with E-state index in [9.17, 15) is 0 Å². The van der Waals surface area contributed by atoms with Gasteiger partial charge in [0.1, 0.15) is 6.10 Å². The van der Waals surface area contributed by atoms with Gasteiger partial charge in [0, 0.05) is 37.3 Å². The SMILES string of the molecule is CCC(CC)c1cc(CNC(=NC)NCc2cccnc2OC2CCCC2)on1. The highest BCUT2D eigenvalue weighted by molar-refractivity contribution is 5.79. The molecule has 29 heavy (non-hydrogen) atoms. The van der Waals surface area contributed by atoms with Crippen molar-refractivity contribution in [2.24, 2.45) is 4.99 Å². The van der Waals surface area contributed by atoms with Gasteiger partial charge >= 0.3 is 0 Å². The van der Waals surface area contributed by atoms with Gasteiger partial charge in [-0.2, -0.15) is 0 Å². The third-order valence-corrected chi connectivity index (χ3v) is 5.51. The van der Waals surface area contributed by atoms with E-state index in [1.54, 1.807) is 13.2 Å². The summed E-state index contributed by atoms with van der Waals surface area (Å²) >= 11 is 0. The molecular weight excluding hydrogens is 366 g/mol. The van der Waals surface area contributed by atoms with Gasteiger partial charge in [0.15, 0.2) is 11.7 Å². The molecule has 1 aliphatic rings. The zero-order valence-electron chi connectivity index (χ0n) is 17.8. The Morgan fingerprint density at radius 3 is 2.72 bits per heavy atom. The summed E-state index contributed by atoms with van der Waals surface area (Å²) in [6.45, 7) is 5.47. The minimum Gasteiger partial charge on any atom is -0.474 e. The highest BCUT2D eigenvalue weighted by Gasteiger charge is 2.18. The van der Waals surface area contributed by atoms with Crippen LogP contribution >= 0.6 is 0 Å². The Morgan fingerprint density at radius 1 is 1.24 bits per heavy atom. The van der Waals surface area contributed by atoms with Gasteiger partial charge in [-0.25, -0.2) is 4.98 Å². The Morgan fingerprint density at radius 2 is 2.00 bits per heavy atom. The molecular formula is C22H33N5O2. The molecule has 0 spiro atoms. The minimum absolute atomic E-state index is 0.289. The summed E-state index contributed by atoms with van der Waals surface area (Å²) in [6, 6.07) is 6.01. The summed E-state index contributed by atoms with van der Waals surface area (Å²) < 4.78 is 11.6. The molecule has 0 aromatic carbocycles. The molecule has 1 aliphatic carbocycles. The summed E-state index contributed by atoms with van der Waals surface area (Å²) in [7, 11) is 1.75. The number of aliphatic imine (C=N–C) groups is 1. The van der Waals surface area contributed by atoms with Crippen molar-refractivity contribution in [3.8, 4) is 5.88 Å². The van der Waals surface area contributed by atoms with Crippen LogP contribution in [-0.4, -0.2) is 29.3 Å².